The van der Waals surface area contributed by atoms with Gasteiger partial charge >= 0.3 is 0 Å². The predicted octanol–water partition coefficient (Wildman–Crippen LogP) is 2.76. The van der Waals surface area contributed by atoms with E-state index in [-0.39, 0.29) is 24.4 Å². The molecule has 21 heavy (non-hydrogen) atoms. The quantitative estimate of drug-likeness (QED) is 0.751. The molecule has 0 aromatic heterocycles. The highest BCUT2D eigenvalue weighted by Gasteiger charge is 2.13. The van der Waals surface area contributed by atoms with Gasteiger partial charge in [0.25, 0.3) is 0 Å². The summed E-state index contributed by atoms with van der Waals surface area (Å²) in [6.45, 7) is 6.74. The molecule has 0 bridgehead atoms. The third-order valence-corrected chi connectivity index (χ3v) is 3.05. The Morgan fingerprint density at radius 3 is 2.52 bits per heavy atom. The van der Waals surface area contributed by atoms with Crippen molar-refractivity contribution in [1.82, 2.24) is 4.90 Å². The van der Waals surface area contributed by atoms with Crippen molar-refractivity contribution in [2.75, 3.05) is 13.7 Å². The highest BCUT2D eigenvalue weighted by Crippen LogP contribution is 2.14. The number of benzene rings is 1. The Morgan fingerprint density at radius 2 is 2.05 bits per heavy atom. The molecule has 0 saturated heterocycles. The van der Waals surface area contributed by atoms with Gasteiger partial charge in [-0.2, -0.15) is 0 Å². The molecule has 5 heteroatoms. The number of nitrogens with zero attached hydrogens (tertiary/aromatic N) is 1. The summed E-state index contributed by atoms with van der Waals surface area (Å²) in [6, 6.07) is 7.77. The third kappa shape index (κ3) is 7.16. The molecule has 1 aromatic rings. The van der Waals surface area contributed by atoms with Crippen LogP contribution < -0.4 is 10.5 Å². The number of carbonyl (C=O) groups is 1. The van der Waals surface area contributed by atoms with Crippen LogP contribution in [0.15, 0.2) is 36.9 Å². The second kappa shape index (κ2) is 10.2. The molecule has 1 rings (SSSR count). The molecule has 1 amide bonds. The lowest BCUT2D eigenvalue weighted by Gasteiger charge is -2.22. The van der Waals surface area contributed by atoms with Gasteiger partial charge in [0.2, 0.25) is 5.91 Å². The predicted molar refractivity (Wildman–Crippen MR) is 88.7 cm³/mol. The molecule has 0 heterocycles. The molecule has 118 valence electrons. The van der Waals surface area contributed by atoms with E-state index in [2.05, 4.69) is 6.58 Å². The summed E-state index contributed by atoms with van der Waals surface area (Å²) in [7, 11) is 1.64. The first-order valence-corrected chi connectivity index (χ1v) is 6.84. The van der Waals surface area contributed by atoms with Crippen molar-refractivity contribution in [3.05, 3.63) is 42.5 Å². The van der Waals surface area contributed by atoms with Crippen LogP contribution in [0.1, 0.15) is 25.3 Å². The van der Waals surface area contributed by atoms with E-state index in [4.69, 9.17) is 10.5 Å². The molecule has 4 nitrogen and oxygen atoms in total. The number of halogens is 1. The molecule has 2 N–H and O–H groups in total. The number of hydrogen-bond donors (Lipinski definition) is 1. The van der Waals surface area contributed by atoms with Crippen molar-refractivity contribution >= 4 is 18.3 Å². The van der Waals surface area contributed by atoms with Crippen LogP contribution in [0.5, 0.6) is 5.75 Å². The smallest absolute Gasteiger partial charge is 0.223 e. The minimum Gasteiger partial charge on any atom is -0.497 e. The van der Waals surface area contributed by atoms with E-state index in [1.165, 1.54) is 0 Å². The van der Waals surface area contributed by atoms with Gasteiger partial charge in [-0.05, 0) is 31.0 Å². The first-order valence-electron chi connectivity index (χ1n) is 6.84. The van der Waals surface area contributed by atoms with Gasteiger partial charge in [0.1, 0.15) is 5.75 Å². The monoisotopic (exact) mass is 312 g/mol. The van der Waals surface area contributed by atoms with Crippen molar-refractivity contribution in [3.8, 4) is 5.75 Å². The van der Waals surface area contributed by atoms with Gasteiger partial charge in [-0.15, -0.1) is 19.0 Å². The molecular weight excluding hydrogens is 288 g/mol. The molecule has 0 spiro atoms. The normalized spacial score (nSPS) is 11.2. The molecular formula is C16H25ClN2O2. The fraction of sp³-hybridized carbons (Fsp3) is 0.438. The molecule has 1 aromatic carbocycles. The lowest BCUT2D eigenvalue weighted by Crippen LogP contribution is -2.31. The fourth-order valence-electron chi connectivity index (χ4n) is 1.87. The van der Waals surface area contributed by atoms with E-state index < -0.39 is 0 Å². The average Bonchev–Trinajstić information content (AvgIpc) is 2.45. The minimum atomic E-state index is 0. The summed E-state index contributed by atoms with van der Waals surface area (Å²) >= 11 is 0. The molecule has 0 saturated carbocycles. The van der Waals surface area contributed by atoms with Crippen LogP contribution >= 0.6 is 12.4 Å². The number of methoxy groups -OCH3 is 1. The van der Waals surface area contributed by atoms with Crippen LogP contribution in [0.4, 0.5) is 0 Å². The molecule has 0 aliphatic carbocycles. The Morgan fingerprint density at radius 1 is 1.43 bits per heavy atom. The van der Waals surface area contributed by atoms with Crippen molar-refractivity contribution in [2.24, 2.45) is 5.73 Å². The van der Waals surface area contributed by atoms with Crippen LogP contribution in [-0.4, -0.2) is 30.5 Å². The summed E-state index contributed by atoms with van der Waals surface area (Å²) in [5.74, 6) is 0.922. The van der Waals surface area contributed by atoms with Crippen LogP contribution in [0, 0.1) is 0 Å². The maximum absolute atomic E-state index is 12.2. The summed E-state index contributed by atoms with van der Waals surface area (Å²) in [4.78, 5) is 14.0. The molecule has 1 unspecified atom stereocenters. The maximum Gasteiger partial charge on any atom is 0.223 e. The first kappa shape index (κ1) is 19.5. The summed E-state index contributed by atoms with van der Waals surface area (Å²) < 4.78 is 5.12. The van der Waals surface area contributed by atoms with Gasteiger partial charge in [0, 0.05) is 25.6 Å². The number of hydrogen-bond acceptors (Lipinski definition) is 3. The van der Waals surface area contributed by atoms with Crippen molar-refractivity contribution < 1.29 is 9.53 Å². The topological polar surface area (TPSA) is 55.6 Å². The van der Waals surface area contributed by atoms with Gasteiger partial charge < -0.3 is 15.4 Å². The van der Waals surface area contributed by atoms with E-state index in [9.17, 15) is 4.79 Å². The zero-order chi connectivity index (χ0) is 15.0. The molecule has 0 radical (unpaired) electrons. The fourth-order valence-corrected chi connectivity index (χ4v) is 1.87. The summed E-state index contributed by atoms with van der Waals surface area (Å²) in [6.07, 6.45) is 2.92. The first-order chi connectivity index (χ1) is 9.56. The Labute approximate surface area is 133 Å². The van der Waals surface area contributed by atoms with Crippen molar-refractivity contribution in [1.29, 1.82) is 0 Å². The third-order valence-electron chi connectivity index (χ3n) is 3.05. The summed E-state index contributed by atoms with van der Waals surface area (Å²) in [5, 5.41) is 0. The number of ether oxygens (including phenoxy) is 1. The largest absolute Gasteiger partial charge is 0.497 e. The number of carbonyl (C=O) groups excluding carboxylic acids is 1. The van der Waals surface area contributed by atoms with Crippen LogP contribution in [0.2, 0.25) is 0 Å². The lowest BCUT2D eigenvalue weighted by molar-refractivity contribution is -0.131. The average molecular weight is 313 g/mol. The van der Waals surface area contributed by atoms with E-state index in [0.717, 1.165) is 11.3 Å². The zero-order valence-electron chi connectivity index (χ0n) is 12.7. The van der Waals surface area contributed by atoms with Crippen LogP contribution in [0.25, 0.3) is 0 Å². The number of nitrogens with two attached hydrogens (primary N) is 1. The molecule has 0 fully saturated rings. The number of amides is 1. The van der Waals surface area contributed by atoms with Crippen LogP contribution in [0.3, 0.4) is 0 Å². The Balaban J connectivity index is 0.00000400. The SMILES string of the molecule is C=CCN(Cc1ccc(OC)cc1)C(=O)CCC(C)N.Cl. The second-order valence-electron chi connectivity index (χ2n) is 4.93. The summed E-state index contributed by atoms with van der Waals surface area (Å²) in [5.41, 5.74) is 6.77. The van der Waals surface area contributed by atoms with Gasteiger partial charge in [0.05, 0.1) is 7.11 Å². The van der Waals surface area contributed by atoms with E-state index in [0.29, 0.717) is 25.9 Å². The highest BCUT2D eigenvalue weighted by atomic mass is 35.5. The van der Waals surface area contributed by atoms with Gasteiger partial charge in [-0.25, -0.2) is 0 Å². The maximum atomic E-state index is 12.2. The Hall–Kier alpha value is -1.52. The molecule has 0 aliphatic heterocycles. The molecule has 0 aliphatic rings. The molecule has 1 atom stereocenters. The highest BCUT2D eigenvalue weighted by molar-refractivity contribution is 5.85. The van der Waals surface area contributed by atoms with Gasteiger partial charge in [-0.3, -0.25) is 4.79 Å². The minimum absolute atomic E-state index is 0. The van der Waals surface area contributed by atoms with E-state index in [1.807, 2.05) is 31.2 Å². The Kier molecular flexibility index (Phi) is 9.50. The van der Waals surface area contributed by atoms with Crippen molar-refractivity contribution in [2.45, 2.75) is 32.4 Å². The Bertz CT molecular complexity index is 432. The van der Waals surface area contributed by atoms with Gasteiger partial charge in [0.15, 0.2) is 0 Å². The lowest BCUT2D eigenvalue weighted by atomic mass is 10.1. The van der Waals surface area contributed by atoms with Crippen molar-refractivity contribution in [3.63, 3.8) is 0 Å². The van der Waals surface area contributed by atoms with E-state index >= 15 is 0 Å². The second-order valence-corrected chi connectivity index (χ2v) is 4.93. The zero-order valence-corrected chi connectivity index (χ0v) is 13.6. The number of rotatable bonds is 8. The van der Waals surface area contributed by atoms with E-state index in [1.54, 1.807) is 18.1 Å². The van der Waals surface area contributed by atoms with Crippen LogP contribution in [-0.2, 0) is 11.3 Å². The standard InChI is InChI=1S/C16H24N2O2.ClH/c1-4-11-18(16(19)10-5-13(2)17)12-14-6-8-15(20-3)9-7-14;/h4,6-9,13H,1,5,10-12,17H2,2-3H3;1H. The van der Waals surface area contributed by atoms with Gasteiger partial charge in [-0.1, -0.05) is 18.2 Å².